The Kier molecular flexibility index (Phi) is 3.05. The number of aliphatic carboxylic acids is 1. The van der Waals surface area contributed by atoms with E-state index in [4.69, 9.17) is 5.11 Å². The van der Waals surface area contributed by atoms with Gasteiger partial charge in [-0.25, -0.2) is 4.79 Å². The fourth-order valence-electron chi connectivity index (χ4n) is 0.694. The zero-order valence-electron chi connectivity index (χ0n) is 6.71. The van der Waals surface area contributed by atoms with Gasteiger partial charge in [-0.05, 0) is 24.3 Å². The molecule has 0 aromatic heterocycles. The van der Waals surface area contributed by atoms with Crippen molar-refractivity contribution in [1.82, 2.24) is 0 Å². The lowest BCUT2D eigenvalue weighted by atomic mass is 10.3. The lowest BCUT2D eigenvalue weighted by molar-refractivity contribution is -0.210. The molecule has 0 amide bonds. The normalized spacial score (nSPS) is 14.5. The smallest absolute Gasteiger partial charge is 0.474 e. The second-order valence-corrected chi connectivity index (χ2v) is 3.29. The summed E-state index contributed by atoms with van der Waals surface area (Å²) >= 11 is 3.09. The van der Waals surface area contributed by atoms with E-state index in [1.807, 2.05) is 0 Å². The fourth-order valence-corrected chi connectivity index (χ4v) is 0.959. The average molecular weight is 266 g/mol. The summed E-state index contributed by atoms with van der Waals surface area (Å²) in [6.07, 6.45) is -4.20. The van der Waals surface area contributed by atoms with Crippen molar-refractivity contribution in [2.24, 2.45) is 0 Å². The molecule has 1 aromatic carbocycles. The third-order valence-electron chi connectivity index (χ3n) is 1.31. The molecule has 1 aromatic rings. The Morgan fingerprint density at radius 3 is 2.29 bits per heavy atom. The summed E-state index contributed by atoms with van der Waals surface area (Å²) in [7, 11) is 0. The standard InChI is InChI=1S/C8H5BrF2O3/c9-5-1-3-6(4-2-5)14-8(10,11)7(12)13/h1-4H,(H,12,13)/i10-1. The summed E-state index contributed by atoms with van der Waals surface area (Å²) in [6.45, 7) is 0. The SMILES string of the molecule is O=C(O)C(F)([18F])Oc1ccc(Br)cc1. The Balaban J connectivity index is 2.79. The van der Waals surface area contributed by atoms with Gasteiger partial charge in [-0.15, -0.1) is 0 Å². The predicted octanol–water partition coefficient (Wildman–Crippen LogP) is 2.51. The van der Waals surface area contributed by atoms with E-state index in [9.17, 15) is 13.6 Å². The highest BCUT2D eigenvalue weighted by Crippen LogP contribution is 2.23. The van der Waals surface area contributed by atoms with Crippen molar-refractivity contribution < 1.29 is 23.4 Å². The van der Waals surface area contributed by atoms with Crippen molar-refractivity contribution in [2.75, 3.05) is 0 Å². The first-order valence-corrected chi connectivity index (χ1v) is 4.27. The molecule has 6 heteroatoms. The maximum absolute atomic E-state index is 12.5. The molecule has 0 spiro atoms. The minimum atomic E-state index is -4.20. The van der Waals surface area contributed by atoms with Crippen molar-refractivity contribution >= 4 is 21.9 Å². The number of carbonyl (C=O) groups is 1. The van der Waals surface area contributed by atoms with Gasteiger partial charge in [0.05, 0.1) is 0 Å². The van der Waals surface area contributed by atoms with E-state index in [-0.39, 0.29) is 5.75 Å². The van der Waals surface area contributed by atoms with Crippen LogP contribution < -0.4 is 4.74 Å². The van der Waals surface area contributed by atoms with Gasteiger partial charge in [0.1, 0.15) is 5.75 Å². The Hall–Kier alpha value is -1.17. The first kappa shape index (κ1) is 10.9. The highest BCUT2D eigenvalue weighted by molar-refractivity contribution is 9.10. The van der Waals surface area contributed by atoms with Crippen molar-refractivity contribution in [2.45, 2.75) is 6.11 Å². The van der Waals surface area contributed by atoms with E-state index >= 15 is 0 Å². The number of rotatable bonds is 3. The molecule has 0 saturated heterocycles. The van der Waals surface area contributed by atoms with Crippen LogP contribution in [0.15, 0.2) is 28.7 Å². The van der Waals surface area contributed by atoms with Crippen LogP contribution in [0.3, 0.4) is 0 Å². The summed E-state index contributed by atoms with van der Waals surface area (Å²) in [5.41, 5.74) is 0. The molecule has 1 rings (SSSR count). The molecule has 0 heterocycles. The van der Waals surface area contributed by atoms with Crippen LogP contribution in [0.25, 0.3) is 0 Å². The molecular weight excluding hydrogens is 261 g/mol. The number of hydrogen-bond donors (Lipinski definition) is 1. The minimum absolute atomic E-state index is 0.208. The number of alkyl halides is 2. The highest BCUT2D eigenvalue weighted by Gasteiger charge is 2.42. The molecule has 0 radical (unpaired) electrons. The molecule has 0 aliphatic rings. The maximum Gasteiger partial charge on any atom is 0.501 e. The van der Waals surface area contributed by atoms with Crippen LogP contribution in [-0.2, 0) is 4.79 Å². The molecule has 76 valence electrons. The topological polar surface area (TPSA) is 46.5 Å². The fraction of sp³-hybridized carbons (Fsp3) is 0.125. The number of ether oxygens (including phenoxy) is 1. The van der Waals surface area contributed by atoms with Crippen LogP contribution in [0, 0.1) is 0 Å². The van der Waals surface area contributed by atoms with Gasteiger partial charge in [0.15, 0.2) is 0 Å². The Labute approximate surface area is 86.4 Å². The zero-order chi connectivity index (χ0) is 10.8. The maximum atomic E-state index is 12.5. The lowest BCUT2D eigenvalue weighted by Crippen LogP contribution is -2.34. The summed E-state index contributed by atoms with van der Waals surface area (Å²) in [4.78, 5) is 10.0. The largest absolute Gasteiger partial charge is 0.501 e. The molecule has 0 aliphatic heterocycles. The van der Waals surface area contributed by atoms with E-state index in [0.717, 1.165) is 0 Å². The predicted molar refractivity (Wildman–Crippen MR) is 47.4 cm³/mol. The molecular formula is C8H5BrF2O3. The number of hydrogen-bond acceptors (Lipinski definition) is 2. The minimum Gasteiger partial charge on any atom is -0.474 e. The first-order chi connectivity index (χ1) is 6.42. The van der Waals surface area contributed by atoms with Gasteiger partial charge >= 0.3 is 12.1 Å². The van der Waals surface area contributed by atoms with Gasteiger partial charge in [0, 0.05) is 4.47 Å². The van der Waals surface area contributed by atoms with Gasteiger partial charge in [-0.1, -0.05) is 15.9 Å². The summed E-state index contributed by atoms with van der Waals surface area (Å²) < 4.78 is 29.6. The molecule has 0 aliphatic carbocycles. The average Bonchev–Trinajstić information content (AvgIpc) is 2.08. The first-order valence-electron chi connectivity index (χ1n) is 3.47. The van der Waals surface area contributed by atoms with E-state index in [0.29, 0.717) is 4.47 Å². The van der Waals surface area contributed by atoms with Crippen molar-refractivity contribution in [3.05, 3.63) is 28.7 Å². The summed E-state index contributed by atoms with van der Waals surface area (Å²) in [5.74, 6) is -2.53. The van der Waals surface area contributed by atoms with Crippen LogP contribution in [0.4, 0.5) is 8.78 Å². The zero-order valence-corrected chi connectivity index (χ0v) is 8.29. The third-order valence-corrected chi connectivity index (χ3v) is 1.84. The van der Waals surface area contributed by atoms with Gasteiger partial charge in [-0.2, -0.15) is 8.78 Å². The number of carboxylic acids is 1. The van der Waals surface area contributed by atoms with Crippen molar-refractivity contribution in [3.63, 3.8) is 0 Å². The Morgan fingerprint density at radius 2 is 1.86 bits per heavy atom. The van der Waals surface area contributed by atoms with Crippen LogP contribution >= 0.6 is 15.9 Å². The van der Waals surface area contributed by atoms with Crippen LogP contribution in [0.1, 0.15) is 0 Å². The second-order valence-electron chi connectivity index (χ2n) is 2.38. The van der Waals surface area contributed by atoms with Gasteiger partial charge in [-0.3, -0.25) is 0 Å². The third kappa shape index (κ3) is 2.66. The lowest BCUT2D eigenvalue weighted by Gasteiger charge is -2.12. The second kappa shape index (κ2) is 3.91. The Morgan fingerprint density at radius 1 is 1.36 bits per heavy atom. The van der Waals surface area contributed by atoms with Crippen LogP contribution in [0.5, 0.6) is 5.75 Å². The molecule has 0 saturated carbocycles. The number of benzene rings is 1. The van der Waals surface area contributed by atoms with E-state index in [1.54, 1.807) is 0 Å². The van der Waals surface area contributed by atoms with Gasteiger partial charge < -0.3 is 9.84 Å². The highest BCUT2D eigenvalue weighted by atomic mass is 79.9. The summed E-state index contributed by atoms with van der Waals surface area (Å²) in [5, 5.41) is 8.07. The molecule has 0 fully saturated rings. The monoisotopic (exact) mass is 265 g/mol. The quantitative estimate of drug-likeness (QED) is 0.914. The van der Waals surface area contributed by atoms with E-state index in [2.05, 4.69) is 20.7 Å². The van der Waals surface area contributed by atoms with Gasteiger partial charge in [0.25, 0.3) is 0 Å². The molecule has 1 N–H and O–H groups in total. The number of carboxylic acid groups (broad SMARTS) is 1. The molecule has 1 atom stereocenters. The van der Waals surface area contributed by atoms with Crippen molar-refractivity contribution in [3.8, 4) is 5.75 Å². The van der Waals surface area contributed by atoms with E-state index in [1.165, 1.54) is 24.3 Å². The molecule has 14 heavy (non-hydrogen) atoms. The van der Waals surface area contributed by atoms with Crippen LogP contribution in [0.2, 0.25) is 0 Å². The van der Waals surface area contributed by atoms with Gasteiger partial charge in [0.2, 0.25) is 0 Å². The summed E-state index contributed by atoms with van der Waals surface area (Å²) in [6, 6.07) is 5.41. The van der Waals surface area contributed by atoms with E-state index < -0.39 is 12.1 Å². The van der Waals surface area contributed by atoms with Crippen LogP contribution in [-0.4, -0.2) is 17.2 Å². The molecule has 0 bridgehead atoms. The molecule has 1 unspecified atom stereocenters. The number of halogens is 3. The van der Waals surface area contributed by atoms with Crippen molar-refractivity contribution in [1.29, 1.82) is 0 Å². The Bertz CT molecular complexity index is 337. The molecule has 3 nitrogen and oxygen atoms in total.